The van der Waals surface area contributed by atoms with Crippen molar-refractivity contribution in [2.24, 2.45) is 0 Å². The number of aromatic nitrogens is 3. The van der Waals surface area contributed by atoms with Crippen LogP contribution in [0.5, 0.6) is 0 Å². The van der Waals surface area contributed by atoms with E-state index in [1.807, 2.05) is 24.4 Å². The highest BCUT2D eigenvalue weighted by Gasteiger charge is 2.07. The third kappa shape index (κ3) is 2.39. The first kappa shape index (κ1) is 12.3. The minimum atomic E-state index is 0.273. The average molecular weight is 241 g/mol. The predicted molar refractivity (Wildman–Crippen MR) is 68.2 cm³/mol. The van der Waals surface area contributed by atoms with E-state index < -0.39 is 0 Å². The summed E-state index contributed by atoms with van der Waals surface area (Å²) in [5.41, 5.74) is 1.12. The molecule has 0 saturated carbocycles. The van der Waals surface area contributed by atoms with Crippen LogP contribution >= 0.6 is 0 Å². The van der Waals surface area contributed by atoms with E-state index in [2.05, 4.69) is 29.1 Å². The lowest BCUT2D eigenvalue weighted by Crippen LogP contribution is -2.17. The molecule has 0 spiro atoms. The van der Waals surface area contributed by atoms with Gasteiger partial charge in [-0.3, -0.25) is 4.57 Å². The quantitative estimate of drug-likeness (QED) is 0.886. The molecule has 2 heterocycles. The van der Waals surface area contributed by atoms with Crippen LogP contribution in [-0.4, -0.2) is 21.1 Å². The smallest absolute Gasteiger partial charge is 0.218 e. The molecule has 1 N–H and O–H groups in total. The second-order valence-corrected chi connectivity index (χ2v) is 3.96. The molecular weight excluding hydrogens is 226 g/mol. The molecule has 5 nitrogen and oxygen atoms in total. The Kier molecular flexibility index (Phi) is 3.70. The van der Waals surface area contributed by atoms with Gasteiger partial charge in [0.15, 0.2) is 0 Å². The SMILES string of the molecule is CCNC(C)c1ccc(-n2ccnc2C#N)nc1. The van der Waals surface area contributed by atoms with Crippen LogP contribution in [0, 0.1) is 11.3 Å². The molecule has 0 radical (unpaired) electrons. The van der Waals surface area contributed by atoms with Crippen molar-refractivity contribution in [3.63, 3.8) is 0 Å². The topological polar surface area (TPSA) is 66.5 Å². The summed E-state index contributed by atoms with van der Waals surface area (Å²) >= 11 is 0. The van der Waals surface area contributed by atoms with Gasteiger partial charge in [-0.2, -0.15) is 5.26 Å². The van der Waals surface area contributed by atoms with E-state index in [9.17, 15) is 0 Å². The van der Waals surface area contributed by atoms with Gasteiger partial charge >= 0.3 is 0 Å². The Hall–Kier alpha value is -2.19. The number of nitriles is 1. The van der Waals surface area contributed by atoms with E-state index in [0.717, 1.165) is 12.1 Å². The van der Waals surface area contributed by atoms with Crippen molar-refractivity contribution in [1.82, 2.24) is 19.9 Å². The highest BCUT2D eigenvalue weighted by atomic mass is 15.1. The summed E-state index contributed by atoms with van der Waals surface area (Å²) in [7, 11) is 0. The van der Waals surface area contributed by atoms with Crippen LogP contribution in [0.1, 0.15) is 31.3 Å². The van der Waals surface area contributed by atoms with E-state index >= 15 is 0 Å². The van der Waals surface area contributed by atoms with Gasteiger partial charge in [0.1, 0.15) is 11.9 Å². The summed E-state index contributed by atoms with van der Waals surface area (Å²) in [6, 6.07) is 6.21. The fraction of sp³-hybridized carbons (Fsp3) is 0.308. The Labute approximate surface area is 106 Å². The van der Waals surface area contributed by atoms with Gasteiger partial charge in [0.25, 0.3) is 0 Å². The third-order valence-corrected chi connectivity index (χ3v) is 2.77. The van der Waals surface area contributed by atoms with Crippen molar-refractivity contribution in [1.29, 1.82) is 5.26 Å². The predicted octanol–water partition coefficient (Wildman–Crippen LogP) is 1.81. The van der Waals surface area contributed by atoms with E-state index in [-0.39, 0.29) is 6.04 Å². The van der Waals surface area contributed by atoms with E-state index in [4.69, 9.17) is 5.26 Å². The Morgan fingerprint density at radius 3 is 2.89 bits per heavy atom. The van der Waals surface area contributed by atoms with Gasteiger partial charge in [-0.25, -0.2) is 9.97 Å². The number of pyridine rings is 1. The Balaban J connectivity index is 2.26. The maximum atomic E-state index is 8.91. The Bertz CT molecular complexity index is 550. The molecule has 0 aliphatic rings. The highest BCUT2D eigenvalue weighted by Crippen LogP contribution is 2.13. The molecular formula is C13H15N5. The average Bonchev–Trinajstić information content (AvgIpc) is 2.87. The number of hydrogen-bond donors (Lipinski definition) is 1. The molecule has 2 rings (SSSR count). The fourth-order valence-electron chi connectivity index (χ4n) is 1.79. The van der Waals surface area contributed by atoms with Gasteiger partial charge < -0.3 is 5.32 Å². The van der Waals surface area contributed by atoms with Crippen LogP contribution < -0.4 is 5.32 Å². The molecule has 1 unspecified atom stereocenters. The van der Waals surface area contributed by atoms with E-state index in [0.29, 0.717) is 11.6 Å². The van der Waals surface area contributed by atoms with Gasteiger partial charge in [-0.05, 0) is 25.1 Å². The highest BCUT2D eigenvalue weighted by molar-refractivity contribution is 5.31. The second kappa shape index (κ2) is 5.43. The zero-order chi connectivity index (χ0) is 13.0. The van der Waals surface area contributed by atoms with Gasteiger partial charge in [0, 0.05) is 24.6 Å². The first-order valence-corrected chi connectivity index (χ1v) is 5.89. The second-order valence-electron chi connectivity index (χ2n) is 3.96. The van der Waals surface area contributed by atoms with Crippen LogP contribution in [0.15, 0.2) is 30.7 Å². The largest absolute Gasteiger partial charge is 0.310 e. The minimum Gasteiger partial charge on any atom is -0.310 e. The fourth-order valence-corrected chi connectivity index (χ4v) is 1.79. The summed E-state index contributed by atoms with van der Waals surface area (Å²) in [4.78, 5) is 8.31. The monoisotopic (exact) mass is 241 g/mol. The van der Waals surface area contributed by atoms with Crippen LogP contribution in [-0.2, 0) is 0 Å². The summed E-state index contributed by atoms with van der Waals surface area (Å²) in [5, 5.41) is 12.2. The molecule has 2 aromatic heterocycles. The molecule has 92 valence electrons. The number of hydrogen-bond acceptors (Lipinski definition) is 4. The van der Waals surface area contributed by atoms with Gasteiger partial charge in [0.2, 0.25) is 5.82 Å². The number of imidazole rings is 1. The lowest BCUT2D eigenvalue weighted by molar-refractivity contribution is 0.596. The van der Waals surface area contributed by atoms with Crippen LogP contribution in [0.3, 0.4) is 0 Å². The molecule has 0 bridgehead atoms. The van der Waals surface area contributed by atoms with Crippen molar-refractivity contribution in [2.75, 3.05) is 6.54 Å². The maximum Gasteiger partial charge on any atom is 0.218 e. The Morgan fingerprint density at radius 2 is 2.28 bits per heavy atom. The van der Waals surface area contributed by atoms with Crippen molar-refractivity contribution in [2.45, 2.75) is 19.9 Å². The number of nitrogens with one attached hydrogen (secondary N) is 1. The summed E-state index contributed by atoms with van der Waals surface area (Å²) in [6.07, 6.45) is 5.15. The first-order chi connectivity index (χ1) is 8.76. The molecule has 18 heavy (non-hydrogen) atoms. The molecule has 0 amide bonds. The normalized spacial score (nSPS) is 12.1. The maximum absolute atomic E-state index is 8.91. The zero-order valence-electron chi connectivity index (χ0n) is 10.5. The summed E-state index contributed by atoms with van der Waals surface area (Å²) in [6.45, 7) is 5.09. The number of nitrogens with zero attached hydrogens (tertiary/aromatic N) is 4. The van der Waals surface area contributed by atoms with E-state index in [1.54, 1.807) is 17.0 Å². The molecule has 0 aromatic carbocycles. The lowest BCUT2D eigenvalue weighted by Gasteiger charge is -2.12. The van der Waals surface area contributed by atoms with Crippen molar-refractivity contribution in [3.8, 4) is 11.9 Å². The molecule has 5 heteroatoms. The number of rotatable bonds is 4. The first-order valence-electron chi connectivity index (χ1n) is 5.89. The zero-order valence-corrected chi connectivity index (χ0v) is 10.5. The van der Waals surface area contributed by atoms with Crippen molar-refractivity contribution >= 4 is 0 Å². The molecule has 0 saturated heterocycles. The molecule has 1 atom stereocenters. The van der Waals surface area contributed by atoms with E-state index in [1.165, 1.54) is 0 Å². The van der Waals surface area contributed by atoms with Gasteiger partial charge in [-0.15, -0.1) is 0 Å². The molecule has 2 aromatic rings. The van der Waals surface area contributed by atoms with Crippen LogP contribution in [0.25, 0.3) is 5.82 Å². The van der Waals surface area contributed by atoms with Crippen LogP contribution in [0.2, 0.25) is 0 Å². The third-order valence-electron chi connectivity index (χ3n) is 2.77. The minimum absolute atomic E-state index is 0.273. The molecule has 0 aliphatic carbocycles. The van der Waals surface area contributed by atoms with Gasteiger partial charge in [-0.1, -0.05) is 13.0 Å². The summed E-state index contributed by atoms with van der Waals surface area (Å²) < 4.78 is 1.67. The molecule has 0 aliphatic heterocycles. The van der Waals surface area contributed by atoms with Crippen molar-refractivity contribution in [3.05, 3.63) is 42.1 Å². The standard InChI is InChI=1S/C13H15N5/c1-3-15-10(2)11-4-5-12(17-9-11)18-7-6-16-13(18)8-14/h4-7,9-10,15H,3H2,1-2H3. The van der Waals surface area contributed by atoms with Gasteiger partial charge in [0.05, 0.1) is 0 Å². The van der Waals surface area contributed by atoms with Crippen molar-refractivity contribution < 1.29 is 0 Å². The Morgan fingerprint density at radius 1 is 1.44 bits per heavy atom. The lowest BCUT2D eigenvalue weighted by atomic mass is 10.1. The van der Waals surface area contributed by atoms with Crippen LogP contribution in [0.4, 0.5) is 0 Å². The molecule has 0 fully saturated rings. The summed E-state index contributed by atoms with van der Waals surface area (Å²) in [5.74, 6) is 1.05.